The molecule has 0 spiro atoms. The molecule has 0 atom stereocenters. The number of aromatic nitrogens is 2. The lowest BCUT2D eigenvalue weighted by atomic mass is 9.93. The van der Waals surface area contributed by atoms with Gasteiger partial charge in [-0.25, -0.2) is 0 Å². The van der Waals surface area contributed by atoms with Gasteiger partial charge in [0, 0.05) is 28.4 Å². The van der Waals surface area contributed by atoms with Crippen LogP contribution in [0.3, 0.4) is 0 Å². The average molecular weight is 519 g/mol. The molecule has 194 valence electrons. The van der Waals surface area contributed by atoms with E-state index in [4.69, 9.17) is 0 Å². The minimum absolute atomic E-state index is 0.0704. The minimum Gasteiger partial charge on any atom is -0.309 e. The maximum atomic E-state index is 13.6. The molecule has 4 aromatic carbocycles. The van der Waals surface area contributed by atoms with Gasteiger partial charge in [-0.1, -0.05) is 79.9 Å². The number of hydrogen-bond donors (Lipinski definition) is 0. The van der Waals surface area contributed by atoms with E-state index in [1.165, 1.54) is 21.8 Å². The largest absolute Gasteiger partial charge is 0.309 e. The first kappa shape index (κ1) is 25.1. The Kier molecular flexibility index (Phi) is 6.41. The molecule has 0 N–H and O–H groups in total. The van der Waals surface area contributed by atoms with Gasteiger partial charge in [0.2, 0.25) is 0 Å². The van der Waals surface area contributed by atoms with Gasteiger partial charge in [0.15, 0.2) is 0 Å². The van der Waals surface area contributed by atoms with Crippen LogP contribution in [0.4, 0.5) is 0 Å². The highest BCUT2D eigenvalue weighted by Crippen LogP contribution is 2.36. The Morgan fingerprint density at radius 1 is 0.725 bits per heavy atom. The molecule has 0 saturated heterocycles. The van der Waals surface area contributed by atoms with Crippen molar-refractivity contribution < 1.29 is 0 Å². The van der Waals surface area contributed by atoms with Crippen molar-refractivity contribution in [2.24, 2.45) is 0 Å². The van der Waals surface area contributed by atoms with Gasteiger partial charge < -0.3 is 4.57 Å². The summed E-state index contributed by atoms with van der Waals surface area (Å²) in [6.45, 7) is 11.7. The van der Waals surface area contributed by atoms with E-state index < -0.39 is 0 Å². The standard InChI is InChI=1S/C37H30N2O/c1-5-12-29(6-2)38-22-21-25(3)36(37(38)40)31-19-17-27(23-26(31)4)28-18-20-35-33(24-28)32-15-10-11-16-34(32)39(35)30-13-8-7-9-14-30/h5-24H,1-2H2,3-4H3/b29-12+. The molecule has 0 amide bonds. The molecular weight excluding hydrogens is 488 g/mol. The molecule has 0 bridgehead atoms. The maximum absolute atomic E-state index is 13.6. The Morgan fingerprint density at radius 3 is 2.17 bits per heavy atom. The molecule has 2 heterocycles. The van der Waals surface area contributed by atoms with Gasteiger partial charge in [-0.05, 0) is 90.2 Å². The minimum atomic E-state index is -0.0704. The van der Waals surface area contributed by atoms with Crippen molar-refractivity contribution >= 4 is 27.5 Å². The van der Waals surface area contributed by atoms with Crippen LogP contribution in [0.25, 0.3) is 55.4 Å². The molecule has 0 saturated carbocycles. The second kappa shape index (κ2) is 10.2. The smallest absolute Gasteiger partial charge is 0.263 e. The lowest BCUT2D eigenvalue weighted by Crippen LogP contribution is -2.21. The summed E-state index contributed by atoms with van der Waals surface area (Å²) in [5.74, 6) is 0. The zero-order valence-electron chi connectivity index (χ0n) is 22.8. The number of fused-ring (bicyclic) bond motifs is 3. The predicted molar refractivity (Wildman–Crippen MR) is 170 cm³/mol. The molecule has 0 aliphatic rings. The van der Waals surface area contributed by atoms with Crippen LogP contribution < -0.4 is 5.56 Å². The van der Waals surface area contributed by atoms with Crippen LogP contribution in [0.15, 0.2) is 139 Å². The highest BCUT2D eigenvalue weighted by Gasteiger charge is 2.16. The first-order valence-electron chi connectivity index (χ1n) is 13.4. The van der Waals surface area contributed by atoms with Gasteiger partial charge in [0.1, 0.15) is 0 Å². The van der Waals surface area contributed by atoms with E-state index in [9.17, 15) is 4.79 Å². The fourth-order valence-corrected chi connectivity index (χ4v) is 5.66. The Morgan fingerprint density at radius 2 is 1.43 bits per heavy atom. The van der Waals surface area contributed by atoms with E-state index in [1.54, 1.807) is 29.0 Å². The van der Waals surface area contributed by atoms with Crippen molar-refractivity contribution in [1.82, 2.24) is 9.13 Å². The van der Waals surface area contributed by atoms with E-state index in [0.717, 1.165) is 33.5 Å². The zero-order valence-corrected chi connectivity index (χ0v) is 22.8. The normalized spacial score (nSPS) is 11.7. The third kappa shape index (κ3) is 4.13. The Balaban J connectivity index is 1.48. The molecule has 2 aromatic heterocycles. The summed E-state index contributed by atoms with van der Waals surface area (Å²) < 4.78 is 3.95. The van der Waals surface area contributed by atoms with Gasteiger partial charge in [-0.2, -0.15) is 0 Å². The number of para-hydroxylation sites is 2. The number of nitrogens with zero attached hydrogens (tertiary/aromatic N) is 2. The second-order valence-corrected chi connectivity index (χ2v) is 10.0. The number of hydrogen-bond acceptors (Lipinski definition) is 1. The topological polar surface area (TPSA) is 26.9 Å². The predicted octanol–water partition coefficient (Wildman–Crippen LogP) is 9.11. The SMILES string of the molecule is C=C/C=C(\C=C)n1ccc(C)c(-c2ccc(-c3ccc4c(c3)c3ccccc3n4-c3ccccc3)cc2C)c1=O. The van der Waals surface area contributed by atoms with Crippen molar-refractivity contribution in [2.75, 3.05) is 0 Å². The number of allylic oxidation sites excluding steroid dienone is 4. The van der Waals surface area contributed by atoms with Crippen LogP contribution in [0, 0.1) is 13.8 Å². The van der Waals surface area contributed by atoms with E-state index >= 15 is 0 Å². The molecule has 0 unspecified atom stereocenters. The molecular formula is C37H30N2O. The van der Waals surface area contributed by atoms with Gasteiger partial charge in [0.05, 0.1) is 16.6 Å². The number of aryl methyl sites for hydroxylation is 2. The third-order valence-electron chi connectivity index (χ3n) is 7.59. The first-order valence-corrected chi connectivity index (χ1v) is 13.4. The number of benzene rings is 4. The number of pyridine rings is 1. The average Bonchev–Trinajstić information content (AvgIpc) is 3.31. The summed E-state index contributed by atoms with van der Waals surface area (Å²) in [7, 11) is 0. The van der Waals surface area contributed by atoms with Crippen LogP contribution in [0.5, 0.6) is 0 Å². The van der Waals surface area contributed by atoms with Crippen molar-refractivity contribution in [3.05, 3.63) is 156 Å². The third-order valence-corrected chi connectivity index (χ3v) is 7.59. The lowest BCUT2D eigenvalue weighted by molar-refractivity contribution is 1.02. The Bertz CT molecular complexity index is 2020. The number of rotatable bonds is 6. The molecule has 0 aliphatic heterocycles. The van der Waals surface area contributed by atoms with Crippen molar-refractivity contribution in [3.8, 4) is 27.9 Å². The van der Waals surface area contributed by atoms with Crippen LogP contribution in [-0.2, 0) is 0 Å². The zero-order chi connectivity index (χ0) is 27.8. The van der Waals surface area contributed by atoms with Gasteiger partial charge in [0.25, 0.3) is 5.56 Å². The highest BCUT2D eigenvalue weighted by atomic mass is 16.1. The summed E-state index contributed by atoms with van der Waals surface area (Å²) >= 11 is 0. The van der Waals surface area contributed by atoms with E-state index in [-0.39, 0.29) is 5.56 Å². The molecule has 3 nitrogen and oxygen atoms in total. The van der Waals surface area contributed by atoms with Crippen molar-refractivity contribution in [1.29, 1.82) is 0 Å². The molecule has 6 rings (SSSR count). The fourth-order valence-electron chi connectivity index (χ4n) is 5.66. The van der Waals surface area contributed by atoms with Crippen molar-refractivity contribution in [3.63, 3.8) is 0 Å². The summed E-state index contributed by atoms with van der Waals surface area (Å²) in [6, 6.07) is 34.1. The summed E-state index contributed by atoms with van der Waals surface area (Å²) in [6.07, 6.45) is 6.91. The Hall–Kier alpha value is -5.15. The fraction of sp³-hybridized carbons (Fsp3) is 0.0541. The van der Waals surface area contributed by atoms with Gasteiger partial charge in [-0.15, -0.1) is 0 Å². The first-order chi connectivity index (χ1) is 19.5. The second-order valence-electron chi connectivity index (χ2n) is 10.0. The molecule has 0 fully saturated rings. The summed E-state index contributed by atoms with van der Waals surface area (Å²) in [4.78, 5) is 13.6. The van der Waals surface area contributed by atoms with E-state index in [2.05, 4.69) is 110 Å². The summed E-state index contributed by atoms with van der Waals surface area (Å²) in [5, 5.41) is 2.44. The molecule has 0 radical (unpaired) electrons. The van der Waals surface area contributed by atoms with Crippen molar-refractivity contribution in [2.45, 2.75) is 13.8 Å². The van der Waals surface area contributed by atoms with Crippen LogP contribution >= 0.6 is 0 Å². The van der Waals surface area contributed by atoms with Crippen LogP contribution in [0.2, 0.25) is 0 Å². The van der Waals surface area contributed by atoms with Gasteiger partial charge >= 0.3 is 0 Å². The van der Waals surface area contributed by atoms with E-state index in [0.29, 0.717) is 11.3 Å². The van der Waals surface area contributed by atoms with Gasteiger partial charge in [-0.3, -0.25) is 9.36 Å². The summed E-state index contributed by atoms with van der Waals surface area (Å²) in [5.41, 5.74) is 10.0. The van der Waals surface area contributed by atoms with Crippen LogP contribution in [0.1, 0.15) is 11.1 Å². The molecule has 40 heavy (non-hydrogen) atoms. The van der Waals surface area contributed by atoms with Crippen LogP contribution in [-0.4, -0.2) is 9.13 Å². The van der Waals surface area contributed by atoms with E-state index in [1.807, 2.05) is 19.1 Å². The molecule has 0 aliphatic carbocycles. The molecule has 6 aromatic rings. The quantitative estimate of drug-likeness (QED) is 0.202. The highest BCUT2D eigenvalue weighted by molar-refractivity contribution is 6.10. The Labute approximate surface area is 234 Å². The monoisotopic (exact) mass is 518 g/mol. The molecule has 3 heteroatoms. The lowest BCUT2D eigenvalue weighted by Gasteiger charge is -2.14. The maximum Gasteiger partial charge on any atom is 0.263 e.